The van der Waals surface area contributed by atoms with E-state index in [2.05, 4.69) is 32.1 Å². The molecular formula is C27H30FN7O4. The Hall–Kier alpha value is -4.24. The van der Waals surface area contributed by atoms with Gasteiger partial charge >= 0.3 is 6.09 Å². The summed E-state index contributed by atoms with van der Waals surface area (Å²) in [5, 5.41) is 32.0. The van der Waals surface area contributed by atoms with Crippen molar-refractivity contribution in [3.63, 3.8) is 0 Å². The van der Waals surface area contributed by atoms with E-state index >= 15 is 0 Å². The zero-order valence-electron chi connectivity index (χ0n) is 21.6. The number of aromatic nitrogens is 3. The van der Waals surface area contributed by atoms with Gasteiger partial charge in [0.1, 0.15) is 18.3 Å². The monoisotopic (exact) mass is 535 g/mol. The molecule has 0 saturated heterocycles. The number of aliphatic hydroxyl groups is 1. The SMILES string of the molecule is CC(C)(O)[C@H](F)CNC(=O)c1cnc(-c2ccc3cc(C#N)cnn23)cc1NC1CC(OC(=O)NC2CC2)C1. The number of nitrogens with one attached hydrogen (secondary N) is 3. The summed E-state index contributed by atoms with van der Waals surface area (Å²) in [6.45, 7) is 2.30. The highest BCUT2D eigenvalue weighted by Crippen LogP contribution is 2.31. The topological polar surface area (TPSA) is 154 Å². The molecule has 1 atom stereocenters. The minimum atomic E-state index is -1.66. The normalized spacial score (nSPS) is 19.5. The van der Waals surface area contributed by atoms with Gasteiger partial charge in [-0.15, -0.1) is 0 Å². The van der Waals surface area contributed by atoms with Gasteiger partial charge < -0.3 is 25.8 Å². The molecule has 3 aromatic heterocycles. The predicted octanol–water partition coefficient (Wildman–Crippen LogP) is 2.94. The fraction of sp³-hybridized carbons (Fsp3) is 0.444. The number of rotatable bonds is 9. The van der Waals surface area contributed by atoms with E-state index in [1.54, 1.807) is 16.6 Å². The first-order chi connectivity index (χ1) is 18.6. The molecule has 11 nitrogen and oxygen atoms in total. The molecule has 0 aromatic carbocycles. The summed E-state index contributed by atoms with van der Waals surface area (Å²) < 4.78 is 21.4. The molecule has 2 amide bonds. The van der Waals surface area contributed by atoms with Gasteiger partial charge in [0.15, 0.2) is 0 Å². The van der Waals surface area contributed by atoms with Gasteiger partial charge in [-0.25, -0.2) is 13.7 Å². The van der Waals surface area contributed by atoms with Crippen molar-refractivity contribution in [2.75, 3.05) is 11.9 Å². The van der Waals surface area contributed by atoms with Crippen molar-refractivity contribution in [1.29, 1.82) is 5.26 Å². The van der Waals surface area contributed by atoms with E-state index in [0.29, 0.717) is 41.0 Å². The average Bonchev–Trinajstić information content (AvgIpc) is 3.59. The molecule has 2 aliphatic rings. The molecule has 204 valence electrons. The third-order valence-electron chi connectivity index (χ3n) is 6.88. The lowest BCUT2D eigenvalue weighted by atomic mass is 9.89. The molecule has 2 aliphatic carbocycles. The van der Waals surface area contributed by atoms with Crippen LogP contribution in [-0.2, 0) is 4.74 Å². The first-order valence-corrected chi connectivity index (χ1v) is 12.9. The number of nitrogens with zero attached hydrogens (tertiary/aromatic N) is 4. The summed E-state index contributed by atoms with van der Waals surface area (Å²) >= 11 is 0. The number of alkyl carbamates (subject to hydrolysis) is 1. The van der Waals surface area contributed by atoms with Crippen molar-refractivity contribution >= 4 is 23.2 Å². The summed E-state index contributed by atoms with van der Waals surface area (Å²) in [5.74, 6) is -0.545. The van der Waals surface area contributed by atoms with Crippen LogP contribution in [0, 0.1) is 11.3 Å². The van der Waals surface area contributed by atoms with E-state index in [-0.39, 0.29) is 30.3 Å². The van der Waals surface area contributed by atoms with Crippen LogP contribution in [0.15, 0.2) is 36.7 Å². The molecule has 3 aromatic rings. The van der Waals surface area contributed by atoms with E-state index in [1.165, 1.54) is 26.2 Å². The number of fused-ring (bicyclic) bond motifs is 1. The van der Waals surface area contributed by atoms with Gasteiger partial charge in [-0.2, -0.15) is 10.4 Å². The highest BCUT2D eigenvalue weighted by atomic mass is 19.1. The maximum atomic E-state index is 14.3. The number of anilines is 1. The fourth-order valence-electron chi connectivity index (χ4n) is 4.26. The maximum absolute atomic E-state index is 14.3. The first kappa shape index (κ1) is 26.4. The Bertz CT molecular complexity index is 1430. The number of pyridine rings is 1. The van der Waals surface area contributed by atoms with Gasteiger partial charge in [0, 0.05) is 31.1 Å². The van der Waals surface area contributed by atoms with Crippen molar-refractivity contribution in [3.8, 4) is 17.5 Å². The van der Waals surface area contributed by atoms with E-state index < -0.39 is 23.8 Å². The quantitative estimate of drug-likeness (QED) is 0.326. The Morgan fingerprint density at radius 2 is 2.03 bits per heavy atom. The first-order valence-electron chi connectivity index (χ1n) is 12.9. The largest absolute Gasteiger partial charge is 0.446 e. The van der Waals surface area contributed by atoms with Crippen molar-refractivity contribution in [1.82, 2.24) is 25.2 Å². The summed E-state index contributed by atoms with van der Waals surface area (Å²) in [6.07, 6.45) is 3.65. The van der Waals surface area contributed by atoms with Crippen LogP contribution in [-0.4, -0.2) is 68.2 Å². The Morgan fingerprint density at radius 3 is 2.72 bits per heavy atom. The van der Waals surface area contributed by atoms with Gasteiger partial charge in [0.05, 0.1) is 52.1 Å². The van der Waals surface area contributed by atoms with Crippen LogP contribution in [0.3, 0.4) is 0 Å². The van der Waals surface area contributed by atoms with Gasteiger partial charge in [-0.1, -0.05) is 0 Å². The smallest absolute Gasteiger partial charge is 0.407 e. The van der Waals surface area contributed by atoms with Gasteiger partial charge in [-0.3, -0.25) is 9.78 Å². The molecule has 0 unspecified atom stereocenters. The number of amides is 2. The molecular weight excluding hydrogens is 505 g/mol. The third-order valence-corrected chi connectivity index (χ3v) is 6.88. The number of halogens is 1. The van der Waals surface area contributed by atoms with Gasteiger partial charge in [0.25, 0.3) is 5.91 Å². The van der Waals surface area contributed by atoms with E-state index in [0.717, 1.165) is 12.8 Å². The lowest BCUT2D eigenvalue weighted by Gasteiger charge is -2.36. The third kappa shape index (κ3) is 6.09. The van der Waals surface area contributed by atoms with Crippen molar-refractivity contribution < 1.29 is 23.8 Å². The molecule has 2 saturated carbocycles. The molecule has 12 heteroatoms. The lowest BCUT2D eigenvalue weighted by molar-refractivity contribution is -0.00177. The number of carbonyl (C=O) groups is 2. The number of carbonyl (C=O) groups excluding carboxylic acids is 2. The number of hydrogen-bond donors (Lipinski definition) is 4. The second-order valence-electron chi connectivity index (χ2n) is 10.6. The second-order valence-corrected chi connectivity index (χ2v) is 10.6. The minimum absolute atomic E-state index is 0.0591. The summed E-state index contributed by atoms with van der Waals surface area (Å²) in [4.78, 5) is 29.4. The summed E-state index contributed by atoms with van der Waals surface area (Å²) in [7, 11) is 0. The molecule has 2 fully saturated rings. The molecule has 39 heavy (non-hydrogen) atoms. The van der Waals surface area contributed by atoms with E-state index in [4.69, 9.17) is 10.00 Å². The number of alkyl halides is 1. The zero-order chi connectivity index (χ0) is 27.7. The van der Waals surface area contributed by atoms with E-state index in [1.807, 2.05) is 12.1 Å². The molecule has 5 rings (SSSR count). The van der Waals surface area contributed by atoms with Gasteiger partial charge in [0.2, 0.25) is 0 Å². The molecule has 3 heterocycles. The average molecular weight is 536 g/mol. The Kier molecular flexibility index (Phi) is 7.10. The fourth-order valence-corrected chi connectivity index (χ4v) is 4.26. The Morgan fingerprint density at radius 1 is 1.26 bits per heavy atom. The maximum Gasteiger partial charge on any atom is 0.407 e. The number of nitriles is 1. The molecule has 0 aliphatic heterocycles. The van der Waals surface area contributed by atoms with Crippen molar-refractivity contribution in [3.05, 3.63) is 47.8 Å². The van der Waals surface area contributed by atoms with Crippen molar-refractivity contribution in [2.45, 2.75) is 69.5 Å². The van der Waals surface area contributed by atoms with Gasteiger partial charge in [-0.05, 0) is 51.0 Å². The predicted molar refractivity (Wildman–Crippen MR) is 140 cm³/mol. The summed E-state index contributed by atoms with van der Waals surface area (Å²) in [6, 6.07) is 9.28. The van der Waals surface area contributed by atoms with Crippen LogP contribution in [0.1, 0.15) is 55.5 Å². The standard InChI is InChI=1S/C27H30FN7O4/c1-27(2,38)24(28)14-31-25(36)20-13-30-22(23-6-5-18-7-15(11-29)12-32-35(18)23)10-21(20)33-17-8-19(9-17)39-26(37)34-16-3-4-16/h5-7,10,12-13,16-17,19,24,38H,3-4,8-9,14H2,1-2H3,(H,30,33)(H,31,36)(H,34,37)/t17?,19?,24-/m1/s1. The minimum Gasteiger partial charge on any atom is -0.446 e. The van der Waals surface area contributed by atoms with Crippen molar-refractivity contribution in [2.24, 2.45) is 0 Å². The highest BCUT2D eigenvalue weighted by Gasteiger charge is 2.34. The molecule has 0 spiro atoms. The number of hydrogen-bond acceptors (Lipinski definition) is 8. The van der Waals surface area contributed by atoms with Crippen LogP contribution in [0.5, 0.6) is 0 Å². The Balaban J connectivity index is 1.35. The zero-order valence-corrected chi connectivity index (χ0v) is 21.6. The van der Waals surface area contributed by atoms with Crippen LogP contribution in [0.4, 0.5) is 14.9 Å². The molecule has 0 radical (unpaired) electrons. The number of ether oxygens (including phenoxy) is 1. The lowest BCUT2D eigenvalue weighted by Crippen LogP contribution is -2.44. The highest BCUT2D eigenvalue weighted by molar-refractivity contribution is 6.00. The van der Waals surface area contributed by atoms with Crippen LogP contribution >= 0.6 is 0 Å². The van der Waals surface area contributed by atoms with Crippen LogP contribution < -0.4 is 16.0 Å². The van der Waals surface area contributed by atoms with Crippen LogP contribution in [0.25, 0.3) is 16.9 Å². The van der Waals surface area contributed by atoms with E-state index in [9.17, 15) is 19.1 Å². The van der Waals surface area contributed by atoms with Crippen LogP contribution in [0.2, 0.25) is 0 Å². The molecule has 0 bridgehead atoms. The Labute approximate surface area is 224 Å². The summed E-state index contributed by atoms with van der Waals surface area (Å²) in [5.41, 5.74) is 1.41. The second kappa shape index (κ2) is 10.5. The molecule has 4 N–H and O–H groups in total.